The quantitative estimate of drug-likeness (QED) is 0.522. The molecule has 8 nitrogen and oxygen atoms in total. The van der Waals surface area contributed by atoms with Gasteiger partial charge in [-0.1, -0.05) is 46.3 Å². The molecule has 0 aliphatic rings. The molecule has 3 N–H and O–H groups in total. The summed E-state index contributed by atoms with van der Waals surface area (Å²) < 4.78 is 7.33. The Morgan fingerprint density at radius 2 is 1.94 bits per heavy atom. The number of hydrogen-bond acceptors (Lipinski definition) is 5. The van der Waals surface area contributed by atoms with Gasteiger partial charge in [0.15, 0.2) is 5.69 Å². The van der Waals surface area contributed by atoms with E-state index in [1.807, 2.05) is 36.4 Å². The lowest BCUT2D eigenvalue weighted by Crippen LogP contribution is -2.39. The van der Waals surface area contributed by atoms with Crippen LogP contribution in [-0.4, -0.2) is 29.6 Å². The van der Waals surface area contributed by atoms with Crippen molar-refractivity contribution in [1.82, 2.24) is 9.55 Å². The SMILES string of the molecule is COc1ccc(Br)cc1/C=C/C(=O)N(C)c1c(N)n(Cc2ccccc2)c(=O)[nH]c1=O. The standard InChI is InChI=1S/C22H21BrN4O4/c1-26(18(28)11-8-15-12-16(23)9-10-17(15)31-2)19-20(24)27(22(30)25-21(19)29)13-14-6-4-3-5-7-14/h3-12H,13,24H2,1-2H3,(H,25,29,30)/b11-8+. The maximum Gasteiger partial charge on any atom is 0.330 e. The molecule has 0 saturated heterocycles. The molecule has 3 aromatic rings. The average Bonchev–Trinajstić information content (AvgIpc) is 2.75. The van der Waals surface area contributed by atoms with Crippen LogP contribution in [-0.2, 0) is 11.3 Å². The van der Waals surface area contributed by atoms with Crippen molar-refractivity contribution in [3.8, 4) is 5.75 Å². The number of carbonyl (C=O) groups excluding carboxylic acids is 1. The highest BCUT2D eigenvalue weighted by molar-refractivity contribution is 9.10. The number of nitrogen functional groups attached to an aromatic ring is 1. The van der Waals surface area contributed by atoms with E-state index in [4.69, 9.17) is 10.5 Å². The van der Waals surface area contributed by atoms with Gasteiger partial charge in [0.2, 0.25) is 0 Å². The molecule has 0 aliphatic carbocycles. The molecule has 0 radical (unpaired) electrons. The zero-order valence-electron chi connectivity index (χ0n) is 17.0. The smallest absolute Gasteiger partial charge is 0.330 e. The summed E-state index contributed by atoms with van der Waals surface area (Å²) in [6.07, 6.45) is 2.88. The summed E-state index contributed by atoms with van der Waals surface area (Å²) in [7, 11) is 2.95. The first-order valence-corrected chi connectivity index (χ1v) is 10.1. The maximum absolute atomic E-state index is 12.8. The zero-order valence-corrected chi connectivity index (χ0v) is 18.5. The van der Waals surface area contributed by atoms with E-state index in [2.05, 4.69) is 20.9 Å². The predicted octanol–water partition coefficient (Wildman–Crippen LogP) is 2.61. The lowest BCUT2D eigenvalue weighted by atomic mass is 10.2. The zero-order chi connectivity index (χ0) is 22.5. The Balaban J connectivity index is 1.94. The Labute approximate surface area is 186 Å². The number of halogens is 1. The first-order chi connectivity index (χ1) is 14.8. The van der Waals surface area contributed by atoms with Crippen LogP contribution in [0.4, 0.5) is 11.5 Å². The Morgan fingerprint density at radius 1 is 1.23 bits per heavy atom. The van der Waals surface area contributed by atoms with Gasteiger partial charge in [0.1, 0.15) is 11.6 Å². The minimum absolute atomic E-state index is 0.0955. The summed E-state index contributed by atoms with van der Waals surface area (Å²) in [5.74, 6) is -0.00490. The minimum Gasteiger partial charge on any atom is -0.496 e. The van der Waals surface area contributed by atoms with Gasteiger partial charge in [-0.3, -0.25) is 19.1 Å². The fraction of sp³-hybridized carbons (Fsp3) is 0.136. The third-order valence-corrected chi connectivity index (χ3v) is 5.15. The van der Waals surface area contributed by atoms with Crippen LogP contribution >= 0.6 is 15.9 Å². The molecule has 160 valence electrons. The largest absolute Gasteiger partial charge is 0.496 e. The number of ether oxygens (including phenoxy) is 1. The lowest BCUT2D eigenvalue weighted by Gasteiger charge is -2.19. The van der Waals surface area contributed by atoms with Crippen molar-refractivity contribution in [3.05, 3.63) is 91.0 Å². The number of nitrogens with one attached hydrogen (secondary N) is 1. The molecule has 0 unspecified atom stereocenters. The van der Waals surface area contributed by atoms with Crippen molar-refractivity contribution >= 4 is 39.4 Å². The number of aromatic amines is 1. The highest BCUT2D eigenvalue weighted by Crippen LogP contribution is 2.24. The van der Waals surface area contributed by atoms with Gasteiger partial charge in [0.05, 0.1) is 13.7 Å². The van der Waals surface area contributed by atoms with E-state index < -0.39 is 17.2 Å². The summed E-state index contributed by atoms with van der Waals surface area (Å²) in [6.45, 7) is 0.155. The van der Waals surface area contributed by atoms with E-state index in [0.29, 0.717) is 11.3 Å². The number of likely N-dealkylation sites (N-methyl/N-ethyl adjacent to an activating group) is 1. The van der Waals surface area contributed by atoms with Gasteiger partial charge >= 0.3 is 5.69 Å². The average molecular weight is 485 g/mol. The molecular formula is C22H21BrN4O4. The lowest BCUT2D eigenvalue weighted by molar-refractivity contribution is -0.113. The second kappa shape index (κ2) is 9.48. The third kappa shape index (κ3) is 4.95. The Bertz CT molecular complexity index is 1250. The van der Waals surface area contributed by atoms with Crippen LogP contribution in [0.1, 0.15) is 11.1 Å². The van der Waals surface area contributed by atoms with E-state index in [1.54, 1.807) is 18.2 Å². The van der Waals surface area contributed by atoms with Crippen LogP contribution in [0.5, 0.6) is 5.75 Å². The second-order valence-corrected chi connectivity index (χ2v) is 7.60. The first kappa shape index (κ1) is 22.1. The van der Waals surface area contributed by atoms with Crippen LogP contribution < -0.4 is 26.6 Å². The summed E-state index contributed by atoms with van der Waals surface area (Å²) in [5.41, 5.74) is 6.15. The van der Waals surface area contributed by atoms with E-state index in [1.165, 1.54) is 24.8 Å². The Kier molecular flexibility index (Phi) is 6.76. The molecule has 0 fully saturated rings. The molecular weight excluding hydrogens is 464 g/mol. The summed E-state index contributed by atoms with van der Waals surface area (Å²) in [4.78, 5) is 40.8. The van der Waals surface area contributed by atoms with E-state index in [9.17, 15) is 14.4 Å². The van der Waals surface area contributed by atoms with Crippen molar-refractivity contribution < 1.29 is 9.53 Å². The second-order valence-electron chi connectivity index (χ2n) is 6.68. The van der Waals surface area contributed by atoms with Gasteiger partial charge in [-0.2, -0.15) is 0 Å². The van der Waals surface area contributed by atoms with Crippen LogP contribution in [0.2, 0.25) is 0 Å². The molecule has 0 atom stereocenters. The molecule has 0 aliphatic heterocycles. The highest BCUT2D eigenvalue weighted by Gasteiger charge is 2.20. The van der Waals surface area contributed by atoms with Gasteiger partial charge in [0, 0.05) is 23.2 Å². The molecule has 0 spiro atoms. The van der Waals surface area contributed by atoms with Crippen molar-refractivity contribution in [2.45, 2.75) is 6.54 Å². The highest BCUT2D eigenvalue weighted by atomic mass is 79.9. The molecule has 0 saturated carbocycles. The van der Waals surface area contributed by atoms with Crippen LogP contribution in [0.3, 0.4) is 0 Å². The number of H-pyrrole nitrogens is 1. The van der Waals surface area contributed by atoms with Gasteiger partial charge in [-0.15, -0.1) is 0 Å². The number of hydrogen-bond donors (Lipinski definition) is 2. The number of nitrogens with two attached hydrogens (primary N) is 1. The van der Waals surface area contributed by atoms with E-state index in [0.717, 1.165) is 14.9 Å². The number of aromatic nitrogens is 2. The molecule has 3 rings (SSSR count). The number of anilines is 2. The molecule has 1 aromatic heterocycles. The number of amides is 1. The topological polar surface area (TPSA) is 110 Å². The molecule has 2 aromatic carbocycles. The van der Waals surface area contributed by atoms with Gasteiger partial charge in [-0.05, 0) is 29.8 Å². The molecule has 0 bridgehead atoms. The summed E-state index contributed by atoms with van der Waals surface area (Å²) >= 11 is 3.38. The van der Waals surface area contributed by atoms with E-state index in [-0.39, 0.29) is 18.1 Å². The summed E-state index contributed by atoms with van der Waals surface area (Å²) in [6, 6.07) is 14.6. The number of benzene rings is 2. The van der Waals surface area contributed by atoms with Gasteiger partial charge in [0.25, 0.3) is 11.5 Å². The molecule has 9 heteroatoms. The van der Waals surface area contributed by atoms with Crippen LogP contribution in [0, 0.1) is 0 Å². The monoisotopic (exact) mass is 484 g/mol. The Hall–Kier alpha value is -3.59. The fourth-order valence-corrected chi connectivity index (χ4v) is 3.42. The summed E-state index contributed by atoms with van der Waals surface area (Å²) in [5, 5.41) is 0. The number of methoxy groups -OCH3 is 1. The van der Waals surface area contributed by atoms with Crippen LogP contribution in [0.15, 0.2) is 68.7 Å². The third-order valence-electron chi connectivity index (χ3n) is 4.66. The predicted molar refractivity (Wildman–Crippen MR) is 124 cm³/mol. The first-order valence-electron chi connectivity index (χ1n) is 9.27. The van der Waals surface area contributed by atoms with E-state index >= 15 is 0 Å². The number of carbonyl (C=O) groups is 1. The minimum atomic E-state index is -0.740. The molecule has 1 heterocycles. The number of nitrogens with zero attached hydrogens (tertiary/aromatic N) is 2. The van der Waals surface area contributed by atoms with Crippen molar-refractivity contribution in [2.75, 3.05) is 24.8 Å². The molecule has 1 amide bonds. The van der Waals surface area contributed by atoms with Gasteiger partial charge < -0.3 is 15.4 Å². The van der Waals surface area contributed by atoms with Crippen molar-refractivity contribution in [3.63, 3.8) is 0 Å². The normalized spacial score (nSPS) is 10.9. The van der Waals surface area contributed by atoms with Crippen LogP contribution in [0.25, 0.3) is 6.08 Å². The van der Waals surface area contributed by atoms with Crippen molar-refractivity contribution in [1.29, 1.82) is 0 Å². The number of rotatable bonds is 6. The molecule has 31 heavy (non-hydrogen) atoms. The fourth-order valence-electron chi connectivity index (χ4n) is 3.04. The van der Waals surface area contributed by atoms with Gasteiger partial charge in [-0.25, -0.2) is 4.79 Å². The Morgan fingerprint density at radius 3 is 2.61 bits per heavy atom. The maximum atomic E-state index is 12.8. The van der Waals surface area contributed by atoms with Crippen molar-refractivity contribution in [2.24, 2.45) is 0 Å².